The van der Waals surface area contributed by atoms with Gasteiger partial charge in [-0.1, -0.05) is 58.8 Å². The third-order valence-electron chi connectivity index (χ3n) is 3.77. The van der Waals surface area contributed by atoms with Gasteiger partial charge in [0, 0.05) is 0 Å². The Labute approximate surface area is 113 Å². The maximum absolute atomic E-state index is 3.09. The van der Waals surface area contributed by atoms with Gasteiger partial charge in [-0.05, 0) is 18.8 Å². The molecule has 1 N–H and O–H groups in total. The minimum absolute atomic E-state index is 0.899. The van der Waals surface area contributed by atoms with Gasteiger partial charge in [-0.15, -0.1) is 0 Å². The summed E-state index contributed by atoms with van der Waals surface area (Å²) in [5.41, 5.74) is 0. The smallest absolute Gasteiger partial charge is 0.241 e. The highest BCUT2D eigenvalue weighted by Crippen LogP contribution is 2.16. The zero-order chi connectivity index (χ0) is 13.1. The van der Waals surface area contributed by atoms with Crippen molar-refractivity contribution < 1.29 is 4.57 Å². The maximum Gasteiger partial charge on any atom is 0.241 e. The Hall–Kier alpha value is -0.790. The van der Waals surface area contributed by atoms with E-state index in [1.54, 1.807) is 0 Å². The number of hydrogen-bond acceptors (Lipinski definition) is 0. The van der Waals surface area contributed by atoms with Crippen LogP contribution in [0.1, 0.15) is 71.6 Å². The van der Waals surface area contributed by atoms with E-state index in [4.69, 9.17) is 0 Å². The molecule has 0 amide bonds. The summed E-state index contributed by atoms with van der Waals surface area (Å²) in [5.74, 6) is 0.899. The van der Waals surface area contributed by atoms with Crippen molar-refractivity contribution in [1.29, 1.82) is 0 Å². The highest BCUT2D eigenvalue weighted by molar-refractivity contribution is 4.57. The number of unbranched alkanes of at least 4 members (excludes halogenated alkanes) is 5. The summed E-state index contributed by atoms with van der Waals surface area (Å²) < 4.78 is 2.23. The summed E-state index contributed by atoms with van der Waals surface area (Å²) in [4.78, 5) is 3.09. The Kier molecular flexibility index (Phi) is 8.62. The lowest BCUT2D eigenvalue weighted by molar-refractivity contribution is -0.696. The van der Waals surface area contributed by atoms with Gasteiger partial charge in [0.25, 0.3) is 0 Å². The van der Waals surface area contributed by atoms with E-state index >= 15 is 0 Å². The Bertz CT molecular complexity index is 267. The minimum Gasteiger partial charge on any atom is -0.250 e. The molecule has 0 aliphatic rings. The highest BCUT2D eigenvalue weighted by Gasteiger charge is 2.03. The van der Waals surface area contributed by atoms with Gasteiger partial charge in [-0.25, -0.2) is 4.57 Å². The van der Waals surface area contributed by atoms with Crippen molar-refractivity contribution in [3.05, 3.63) is 18.7 Å². The molecule has 1 unspecified atom stereocenters. The van der Waals surface area contributed by atoms with Crippen LogP contribution < -0.4 is 4.57 Å². The molecular weight excluding hydrogens is 220 g/mol. The third-order valence-corrected chi connectivity index (χ3v) is 3.77. The number of hydrogen-bond donors (Lipinski definition) is 1. The third kappa shape index (κ3) is 7.52. The van der Waals surface area contributed by atoms with Crippen LogP contribution in [0, 0.1) is 5.92 Å². The van der Waals surface area contributed by atoms with E-state index in [2.05, 4.69) is 29.6 Å². The molecule has 0 saturated heterocycles. The molecule has 1 aromatic rings. The van der Waals surface area contributed by atoms with E-state index in [1.165, 1.54) is 57.8 Å². The maximum atomic E-state index is 3.09. The van der Waals surface area contributed by atoms with Crippen molar-refractivity contribution in [2.75, 3.05) is 0 Å². The molecule has 104 valence electrons. The molecule has 0 bridgehead atoms. The van der Waals surface area contributed by atoms with Gasteiger partial charge < -0.3 is 0 Å². The first-order valence-electron chi connectivity index (χ1n) is 7.84. The highest BCUT2D eigenvalue weighted by atomic mass is 15.0. The van der Waals surface area contributed by atoms with E-state index in [9.17, 15) is 0 Å². The molecule has 1 rings (SSSR count). The normalized spacial score (nSPS) is 12.8. The van der Waals surface area contributed by atoms with Crippen molar-refractivity contribution >= 4 is 0 Å². The van der Waals surface area contributed by atoms with Crippen molar-refractivity contribution in [2.45, 2.75) is 78.2 Å². The van der Waals surface area contributed by atoms with E-state index in [0.29, 0.717) is 0 Å². The second-order valence-electron chi connectivity index (χ2n) is 5.65. The fourth-order valence-electron chi connectivity index (χ4n) is 2.50. The van der Waals surface area contributed by atoms with Crippen LogP contribution in [0.5, 0.6) is 0 Å². The van der Waals surface area contributed by atoms with Crippen molar-refractivity contribution in [3.63, 3.8) is 0 Å². The van der Waals surface area contributed by atoms with Crippen LogP contribution in [0.15, 0.2) is 18.7 Å². The van der Waals surface area contributed by atoms with Crippen LogP contribution in [0.3, 0.4) is 0 Å². The van der Waals surface area contributed by atoms with Crippen molar-refractivity contribution in [2.24, 2.45) is 5.92 Å². The number of nitrogens with one attached hydrogen (secondary N) is 1. The Balaban J connectivity index is 1.89. The number of H-pyrrole nitrogens is 1. The molecule has 1 heterocycles. The monoisotopic (exact) mass is 251 g/mol. The molecular formula is C16H31N2+. The number of nitrogens with zero attached hydrogens (tertiary/aromatic N) is 1. The summed E-state index contributed by atoms with van der Waals surface area (Å²) in [6.07, 6.45) is 18.8. The van der Waals surface area contributed by atoms with Crippen LogP contribution in [0.25, 0.3) is 0 Å². The van der Waals surface area contributed by atoms with Gasteiger partial charge in [0.2, 0.25) is 6.33 Å². The molecule has 0 aromatic carbocycles. The predicted octanol–water partition coefficient (Wildman–Crippen LogP) is 4.47. The number of aromatic nitrogens is 2. The van der Waals surface area contributed by atoms with E-state index in [0.717, 1.165) is 12.5 Å². The van der Waals surface area contributed by atoms with E-state index in [-0.39, 0.29) is 0 Å². The molecule has 0 aliphatic heterocycles. The fraction of sp³-hybridized carbons (Fsp3) is 0.812. The van der Waals surface area contributed by atoms with Crippen LogP contribution in [-0.4, -0.2) is 4.98 Å². The van der Waals surface area contributed by atoms with Crippen LogP contribution in [-0.2, 0) is 6.54 Å². The Morgan fingerprint density at radius 3 is 2.44 bits per heavy atom. The average Bonchev–Trinajstić information content (AvgIpc) is 2.87. The number of imidazole rings is 1. The molecule has 0 spiro atoms. The summed E-state index contributed by atoms with van der Waals surface area (Å²) >= 11 is 0. The molecule has 0 fully saturated rings. The number of aryl methyl sites for hydroxylation is 1. The Morgan fingerprint density at radius 1 is 1.00 bits per heavy atom. The molecule has 0 saturated carbocycles. The summed E-state index contributed by atoms with van der Waals surface area (Å²) in [6.45, 7) is 5.85. The van der Waals surface area contributed by atoms with Gasteiger partial charge in [-0.2, -0.15) is 0 Å². The summed E-state index contributed by atoms with van der Waals surface area (Å²) in [7, 11) is 0. The molecule has 2 nitrogen and oxygen atoms in total. The lowest BCUT2D eigenvalue weighted by Gasteiger charge is -2.10. The van der Waals surface area contributed by atoms with Gasteiger partial charge >= 0.3 is 0 Å². The topological polar surface area (TPSA) is 19.7 Å². The first-order chi connectivity index (χ1) is 8.83. The van der Waals surface area contributed by atoms with Gasteiger partial charge in [0.05, 0.1) is 6.54 Å². The average molecular weight is 251 g/mol. The SMILES string of the molecule is CCCCCCCCC(C)CCC[n+]1cc[nH]c1. The van der Waals surface area contributed by atoms with Gasteiger partial charge in [0.1, 0.15) is 12.4 Å². The van der Waals surface area contributed by atoms with Gasteiger partial charge in [0.15, 0.2) is 0 Å². The zero-order valence-corrected chi connectivity index (χ0v) is 12.3. The summed E-state index contributed by atoms with van der Waals surface area (Å²) in [5, 5.41) is 0. The van der Waals surface area contributed by atoms with Crippen LogP contribution in [0.4, 0.5) is 0 Å². The second-order valence-corrected chi connectivity index (χ2v) is 5.65. The molecule has 1 atom stereocenters. The Morgan fingerprint density at radius 2 is 1.72 bits per heavy atom. The molecule has 18 heavy (non-hydrogen) atoms. The number of aromatic amines is 1. The lowest BCUT2D eigenvalue weighted by Crippen LogP contribution is -2.30. The van der Waals surface area contributed by atoms with Crippen molar-refractivity contribution in [1.82, 2.24) is 4.98 Å². The molecule has 2 heteroatoms. The van der Waals surface area contributed by atoms with Crippen LogP contribution in [0.2, 0.25) is 0 Å². The second kappa shape index (κ2) is 10.2. The standard InChI is InChI=1S/C16H30N2/c1-3-4-5-6-7-8-10-16(2)11-9-13-18-14-12-17-15-18/h12,14-16H,3-11,13H2,1-2H3/p+1. The minimum atomic E-state index is 0.899. The van der Waals surface area contributed by atoms with E-state index < -0.39 is 0 Å². The zero-order valence-electron chi connectivity index (χ0n) is 12.3. The number of rotatable bonds is 11. The van der Waals surface area contributed by atoms with Gasteiger partial charge in [-0.3, -0.25) is 4.98 Å². The fourth-order valence-corrected chi connectivity index (χ4v) is 2.50. The quantitative estimate of drug-likeness (QED) is 0.442. The predicted molar refractivity (Wildman–Crippen MR) is 77.4 cm³/mol. The summed E-state index contributed by atoms with van der Waals surface area (Å²) in [6, 6.07) is 0. The first kappa shape index (κ1) is 15.3. The molecule has 1 aromatic heterocycles. The first-order valence-corrected chi connectivity index (χ1v) is 7.84. The lowest BCUT2D eigenvalue weighted by atomic mass is 9.97. The van der Waals surface area contributed by atoms with Crippen molar-refractivity contribution in [3.8, 4) is 0 Å². The largest absolute Gasteiger partial charge is 0.250 e. The molecule has 0 radical (unpaired) electrons. The van der Waals surface area contributed by atoms with E-state index in [1.807, 2.05) is 12.5 Å². The van der Waals surface area contributed by atoms with Crippen LogP contribution >= 0.6 is 0 Å². The molecule has 0 aliphatic carbocycles.